The first kappa shape index (κ1) is 13.0. The molecular formula is C11H11N3O2S. The van der Waals surface area contributed by atoms with Crippen molar-refractivity contribution in [3.8, 4) is 12.1 Å². The highest BCUT2D eigenvalue weighted by Gasteiger charge is 2.07. The second-order valence-corrected chi connectivity index (χ2v) is 4.02. The van der Waals surface area contributed by atoms with Gasteiger partial charge in [0.05, 0.1) is 6.61 Å². The summed E-state index contributed by atoms with van der Waals surface area (Å²) in [7, 11) is 0. The molecule has 0 aliphatic carbocycles. The van der Waals surface area contributed by atoms with Gasteiger partial charge in [-0.25, -0.2) is 0 Å². The highest BCUT2D eigenvalue weighted by Crippen LogP contribution is 1.88. The zero-order valence-electron chi connectivity index (χ0n) is 9.56. The smallest absolute Gasteiger partial charge is 0.272 e. The van der Waals surface area contributed by atoms with Crippen molar-refractivity contribution in [3.63, 3.8) is 0 Å². The van der Waals surface area contributed by atoms with Gasteiger partial charge in [-0.15, -0.1) is 11.3 Å². The van der Waals surface area contributed by atoms with Gasteiger partial charge >= 0.3 is 0 Å². The minimum Gasteiger partial charge on any atom is -0.500 e. The van der Waals surface area contributed by atoms with E-state index in [9.17, 15) is 4.79 Å². The zero-order chi connectivity index (χ0) is 12.8. The van der Waals surface area contributed by atoms with Gasteiger partial charge in [0.1, 0.15) is 27.6 Å². The Morgan fingerprint density at radius 2 is 2.12 bits per heavy atom. The summed E-state index contributed by atoms with van der Waals surface area (Å²) in [4.78, 5) is 11.9. The van der Waals surface area contributed by atoms with Crippen LogP contribution in [0.1, 0.15) is 13.8 Å². The number of hydrogen-bond donors (Lipinski definition) is 0. The van der Waals surface area contributed by atoms with Crippen LogP contribution in [0.25, 0.3) is 11.8 Å². The fourth-order valence-corrected chi connectivity index (χ4v) is 2.29. The Morgan fingerprint density at radius 1 is 1.47 bits per heavy atom. The topological polar surface area (TPSA) is 78.8 Å². The molecule has 17 heavy (non-hydrogen) atoms. The highest BCUT2D eigenvalue weighted by molar-refractivity contribution is 7.07. The van der Waals surface area contributed by atoms with Gasteiger partial charge in [0, 0.05) is 6.54 Å². The SMILES string of the molecule is CCO/C=c1/sc(=C(C#N)C#N)n(CC)c1=O. The van der Waals surface area contributed by atoms with E-state index in [0.717, 1.165) is 11.3 Å². The molecule has 0 unspecified atom stereocenters. The van der Waals surface area contributed by atoms with Gasteiger partial charge in [0.15, 0.2) is 5.57 Å². The van der Waals surface area contributed by atoms with Crippen LogP contribution < -0.4 is 14.8 Å². The first-order valence-corrected chi connectivity index (χ1v) is 5.87. The number of nitrogens with zero attached hydrogens (tertiary/aromatic N) is 3. The lowest BCUT2D eigenvalue weighted by atomic mass is 10.4. The molecule has 0 bridgehead atoms. The summed E-state index contributed by atoms with van der Waals surface area (Å²) in [6.45, 7) is 4.48. The van der Waals surface area contributed by atoms with Gasteiger partial charge in [0.2, 0.25) is 0 Å². The molecule has 6 heteroatoms. The molecule has 0 aliphatic rings. The lowest BCUT2D eigenvalue weighted by Gasteiger charge is -1.93. The van der Waals surface area contributed by atoms with Crippen LogP contribution in [-0.2, 0) is 11.3 Å². The number of nitriles is 2. The van der Waals surface area contributed by atoms with E-state index in [4.69, 9.17) is 15.3 Å². The molecule has 0 radical (unpaired) electrons. The van der Waals surface area contributed by atoms with Crippen LogP contribution in [0.3, 0.4) is 0 Å². The second-order valence-electron chi connectivity index (χ2n) is 2.99. The normalized spacial score (nSPS) is 10.7. The molecule has 0 fully saturated rings. The number of ether oxygens (including phenoxy) is 1. The van der Waals surface area contributed by atoms with Crippen molar-refractivity contribution in [1.82, 2.24) is 4.57 Å². The highest BCUT2D eigenvalue weighted by atomic mass is 32.1. The molecule has 0 aromatic carbocycles. The van der Waals surface area contributed by atoms with E-state index in [1.807, 2.05) is 6.92 Å². The van der Waals surface area contributed by atoms with Crippen LogP contribution in [0.4, 0.5) is 0 Å². The van der Waals surface area contributed by atoms with Crippen molar-refractivity contribution in [2.75, 3.05) is 6.61 Å². The molecule has 0 amide bonds. The van der Waals surface area contributed by atoms with Crippen molar-refractivity contribution >= 4 is 23.2 Å². The molecule has 1 aromatic heterocycles. The maximum Gasteiger partial charge on any atom is 0.272 e. The molecule has 0 aliphatic heterocycles. The standard InChI is InChI=1S/C11H11N3O2S/c1-3-14-10(15)9(7-16-4-2)17-11(14)8(5-12)6-13/h7H,3-4H2,1-2H3/b9-7+. The molecule has 0 atom stereocenters. The Bertz CT molecular complexity index is 639. The van der Waals surface area contributed by atoms with Crippen LogP contribution in [0.15, 0.2) is 4.79 Å². The van der Waals surface area contributed by atoms with E-state index in [1.54, 1.807) is 19.1 Å². The molecule has 0 saturated carbocycles. The van der Waals surface area contributed by atoms with E-state index in [-0.39, 0.29) is 11.1 Å². The summed E-state index contributed by atoms with van der Waals surface area (Å²) in [6.07, 6.45) is 1.37. The Kier molecular flexibility index (Phi) is 4.50. The monoisotopic (exact) mass is 249 g/mol. The van der Waals surface area contributed by atoms with Gasteiger partial charge < -0.3 is 4.74 Å². The first-order valence-electron chi connectivity index (χ1n) is 5.05. The molecule has 0 saturated heterocycles. The minimum atomic E-state index is -0.232. The lowest BCUT2D eigenvalue weighted by Crippen LogP contribution is -2.31. The first-order chi connectivity index (χ1) is 8.19. The zero-order valence-corrected chi connectivity index (χ0v) is 10.4. The summed E-state index contributed by atoms with van der Waals surface area (Å²) in [5, 5.41) is 17.6. The molecule has 1 heterocycles. The maximum absolute atomic E-state index is 11.9. The summed E-state index contributed by atoms with van der Waals surface area (Å²) in [6, 6.07) is 3.58. The van der Waals surface area contributed by atoms with Crippen LogP contribution in [-0.4, -0.2) is 11.2 Å². The average molecular weight is 249 g/mol. The summed E-state index contributed by atoms with van der Waals surface area (Å²) in [5.41, 5.74) is -0.283. The molecule has 1 rings (SSSR count). The summed E-state index contributed by atoms with van der Waals surface area (Å²) >= 11 is 1.10. The Labute approximate surface area is 102 Å². The van der Waals surface area contributed by atoms with Crippen LogP contribution in [0.2, 0.25) is 0 Å². The number of thiazole rings is 1. The Balaban J connectivity index is 3.69. The molecule has 0 N–H and O–H groups in total. The quantitative estimate of drug-likeness (QED) is 0.749. The van der Waals surface area contributed by atoms with E-state index in [1.165, 1.54) is 10.8 Å². The number of rotatable bonds is 3. The van der Waals surface area contributed by atoms with Crippen LogP contribution in [0.5, 0.6) is 0 Å². The largest absolute Gasteiger partial charge is 0.500 e. The molecular weight excluding hydrogens is 238 g/mol. The van der Waals surface area contributed by atoms with Crippen molar-refractivity contribution in [3.05, 3.63) is 19.5 Å². The average Bonchev–Trinajstić information content (AvgIpc) is 2.65. The third-order valence-corrected chi connectivity index (χ3v) is 3.13. The van der Waals surface area contributed by atoms with Crippen LogP contribution >= 0.6 is 11.3 Å². The van der Waals surface area contributed by atoms with E-state index in [2.05, 4.69) is 0 Å². The van der Waals surface area contributed by atoms with Crippen molar-refractivity contribution in [2.24, 2.45) is 0 Å². The third-order valence-electron chi connectivity index (χ3n) is 2.02. The Morgan fingerprint density at radius 3 is 2.59 bits per heavy atom. The minimum absolute atomic E-state index is 0.0508. The third kappa shape index (κ3) is 2.55. The van der Waals surface area contributed by atoms with Gasteiger partial charge in [-0.2, -0.15) is 10.5 Å². The van der Waals surface area contributed by atoms with Gasteiger partial charge in [-0.3, -0.25) is 9.36 Å². The lowest BCUT2D eigenvalue weighted by molar-refractivity contribution is 0.316. The maximum atomic E-state index is 11.9. The van der Waals surface area contributed by atoms with Gasteiger partial charge in [0.25, 0.3) is 5.56 Å². The van der Waals surface area contributed by atoms with Crippen molar-refractivity contribution < 1.29 is 4.74 Å². The molecule has 1 aromatic rings. The fraction of sp³-hybridized carbons (Fsp3) is 0.364. The predicted molar refractivity (Wildman–Crippen MR) is 64.2 cm³/mol. The van der Waals surface area contributed by atoms with E-state index in [0.29, 0.717) is 22.3 Å². The van der Waals surface area contributed by atoms with Gasteiger partial charge in [-0.1, -0.05) is 0 Å². The van der Waals surface area contributed by atoms with Crippen molar-refractivity contribution in [2.45, 2.75) is 20.4 Å². The second kappa shape index (κ2) is 5.88. The number of hydrogen-bond acceptors (Lipinski definition) is 5. The summed E-state index contributed by atoms with van der Waals surface area (Å²) in [5.74, 6) is 0. The van der Waals surface area contributed by atoms with E-state index >= 15 is 0 Å². The summed E-state index contributed by atoms with van der Waals surface area (Å²) < 4.78 is 7.24. The van der Waals surface area contributed by atoms with Crippen LogP contribution in [0, 0.1) is 22.7 Å². The molecule has 5 nitrogen and oxygen atoms in total. The fourth-order valence-electron chi connectivity index (χ4n) is 1.26. The molecule has 0 spiro atoms. The molecule has 88 valence electrons. The van der Waals surface area contributed by atoms with Gasteiger partial charge in [-0.05, 0) is 13.8 Å². The van der Waals surface area contributed by atoms with E-state index < -0.39 is 0 Å². The predicted octanol–water partition coefficient (Wildman–Crippen LogP) is -0.0979. The Hall–Kier alpha value is -2.05. The van der Waals surface area contributed by atoms with Crippen molar-refractivity contribution in [1.29, 1.82) is 10.5 Å². The number of aromatic nitrogens is 1.